The molecule has 3 N–H and O–H groups in total. The number of hydrogen-bond acceptors (Lipinski definition) is 3. The highest BCUT2D eigenvalue weighted by molar-refractivity contribution is 7.10. The molecule has 0 radical (unpaired) electrons. The van der Waals surface area contributed by atoms with Crippen molar-refractivity contribution in [3.8, 4) is 5.75 Å². The molecular formula is C11H8F3NOS. The summed E-state index contributed by atoms with van der Waals surface area (Å²) in [6.45, 7) is 0. The molecular weight excluding hydrogens is 251 g/mol. The van der Waals surface area contributed by atoms with Crippen LogP contribution in [0.2, 0.25) is 0 Å². The van der Waals surface area contributed by atoms with Gasteiger partial charge in [0.2, 0.25) is 0 Å². The summed E-state index contributed by atoms with van der Waals surface area (Å²) in [5.74, 6) is -5.22. The fourth-order valence-corrected chi connectivity index (χ4v) is 2.24. The van der Waals surface area contributed by atoms with E-state index in [0.29, 0.717) is 10.9 Å². The van der Waals surface area contributed by atoms with Crippen molar-refractivity contribution in [2.45, 2.75) is 6.04 Å². The van der Waals surface area contributed by atoms with Gasteiger partial charge in [-0.2, -0.15) is 0 Å². The molecule has 0 fully saturated rings. The Morgan fingerprint density at radius 3 is 2.53 bits per heavy atom. The average Bonchev–Trinajstić information content (AvgIpc) is 2.79. The largest absolute Gasteiger partial charge is 0.507 e. The Kier molecular flexibility index (Phi) is 3.08. The molecule has 2 aromatic rings. The number of rotatable bonds is 2. The van der Waals surface area contributed by atoms with E-state index in [9.17, 15) is 18.3 Å². The second kappa shape index (κ2) is 4.38. The van der Waals surface area contributed by atoms with Crippen molar-refractivity contribution in [1.29, 1.82) is 0 Å². The molecule has 1 heterocycles. The van der Waals surface area contributed by atoms with Gasteiger partial charge in [0.25, 0.3) is 0 Å². The maximum atomic E-state index is 13.5. The number of hydrogen-bond donors (Lipinski definition) is 2. The number of thiophene rings is 1. The fraction of sp³-hybridized carbons (Fsp3) is 0.0909. The molecule has 90 valence electrons. The zero-order valence-electron chi connectivity index (χ0n) is 8.45. The van der Waals surface area contributed by atoms with Gasteiger partial charge >= 0.3 is 0 Å². The van der Waals surface area contributed by atoms with Crippen molar-refractivity contribution < 1.29 is 18.3 Å². The zero-order valence-corrected chi connectivity index (χ0v) is 9.27. The number of halogens is 3. The maximum Gasteiger partial charge on any atom is 0.195 e. The molecule has 0 spiro atoms. The lowest BCUT2D eigenvalue weighted by atomic mass is 10.0. The van der Waals surface area contributed by atoms with Crippen LogP contribution in [0.1, 0.15) is 16.5 Å². The summed E-state index contributed by atoms with van der Waals surface area (Å²) in [4.78, 5) is 0.546. The number of nitrogens with two attached hydrogens (primary N) is 1. The minimum absolute atomic E-state index is 0.439. The predicted molar refractivity (Wildman–Crippen MR) is 58.3 cm³/mol. The lowest BCUT2D eigenvalue weighted by Gasteiger charge is -2.13. The highest BCUT2D eigenvalue weighted by atomic mass is 32.1. The lowest BCUT2D eigenvalue weighted by molar-refractivity contribution is 0.405. The molecule has 1 aromatic heterocycles. The monoisotopic (exact) mass is 259 g/mol. The van der Waals surface area contributed by atoms with Crippen LogP contribution in [0.4, 0.5) is 13.2 Å². The summed E-state index contributed by atoms with van der Waals surface area (Å²) in [6, 6.07) is 2.80. The smallest absolute Gasteiger partial charge is 0.195 e. The van der Waals surface area contributed by atoms with Gasteiger partial charge in [-0.05, 0) is 11.4 Å². The first kappa shape index (κ1) is 11.9. The SMILES string of the molecule is N[C@@H](c1cccs1)c1c(O)cc(F)c(F)c1F. The van der Waals surface area contributed by atoms with Crippen LogP contribution in [-0.4, -0.2) is 5.11 Å². The first-order chi connectivity index (χ1) is 8.02. The van der Waals surface area contributed by atoms with E-state index in [4.69, 9.17) is 5.73 Å². The Hall–Kier alpha value is -1.53. The summed E-state index contributed by atoms with van der Waals surface area (Å²) >= 11 is 1.23. The maximum absolute atomic E-state index is 13.5. The molecule has 0 aliphatic carbocycles. The molecule has 2 rings (SSSR count). The second-order valence-electron chi connectivity index (χ2n) is 3.41. The van der Waals surface area contributed by atoms with Crippen LogP contribution in [0.15, 0.2) is 23.6 Å². The molecule has 0 aliphatic heterocycles. The quantitative estimate of drug-likeness (QED) is 0.814. The van der Waals surface area contributed by atoms with Gasteiger partial charge in [-0.15, -0.1) is 11.3 Å². The fourth-order valence-electron chi connectivity index (χ4n) is 1.50. The molecule has 2 nitrogen and oxygen atoms in total. The van der Waals surface area contributed by atoms with Gasteiger partial charge in [0.05, 0.1) is 11.6 Å². The standard InChI is InChI=1S/C11H8F3NOS/c12-5-4-6(16)8(10(14)9(5)13)11(15)7-2-1-3-17-7/h1-4,11,16H,15H2/t11-/m0/s1. The molecule has 6 heteroatoms. The summed E-state index contributed by atoms with van der Waals surface area (Å²) in [5, 5.41) is 11.2. The molecule has 0 saturated carbocycles. The van der Waals surface area contributed by atoms with Crippen LogP contribution in [0.3, 0.4) is 0 Å². The highest BCUT2D eigenvalue weighted by Crippen LogP contribution is 2.34. The lowest BCUT2D eigenvalue weighted by Crippen LogP contribution is -2.14. The topological polar surface area (TPSA) is 46.2 Å². The van der Waals surface area contributed by atoms with Gasteiger partial charge < -0.3 is 10.8 Å². The van der Waals surface area contributed by atoms with Crippen molar-refractivity contribution >= 4 is 11.3 Å². The van der Waals surface area contributed by atoms with E-state index in [1.54, 1.807) is 17.5 Å². The van der Waals surface area contributed by atoms with Gasteiger partial charge in [-0.25, -0.2) is 13.2 Å². The van der Waals surface area contributed by atoms with Crippen molar-refractivity contribution in [3.05, 3.63) is 51.5 Å². The predicted octanol–water partition coefficient (Wildman–Crippen LogP) is 2.92. The summed E-state index contributed by atoms with van der Waals surface area (Å²) in [5.41, 5.74) is 5.26. The Labute approximate surface area is 99.1 Å². The van der Waals surface area contributed by atoms with Crippen LogP contribution in [0.5, 0.6) is 5.75 Å². The van der Waals surface area contributed by atoms with Crippen LogP contribution in [0, 0.1) is 17.5 Å². The summed E-state index contributed by atoms with van der Waals surface area (Å²) in [7, 11) is 0. The first-order valence-electron chi connectivity index (χ1n) is 4.67. The second-order valence-corrected chi connectivity index (χ2v) is 4.39. The van der Waals surface area contributed by atoms with E-state index >= 15 is 0 Å². The Morgan fingerprint density at radius 2 is 1.94 bits per heavy atom. The molecule has 0 bridgehead atoms. The molecule has 0 amide bonds. The Balaban J connectivity index is 2.56. The highest BCUT2D eigenvalue weighted by Gasteiger charge is 2.24. The van der Waals surface area contributed by atoms with Crippen molar-refractivity contribution in [3.63, 3.8) is 0 Å². The van der Waals surface area contributed by atoms with Gasteiger partial charge in [0.1, 0.15) is 5.75 Å². The molecule has 0 aliphatic rings. The molecule has 1 aromatic carbocycles. The minimum atomic E-state index is -1.63. The Morgan fingerprint density at radius 1 is 1.24 bits per heavy atom. The average molecular weight is 259 g/mol. The van der Waals surface area contributed by atoms with Gasteiger partial charge in [0.15, 0.2) is 17.5 Å². The molecule has 0 saturated heterocycles. The van der Waals surface area contributed by atoms with Gasteiger partial charge in [-0.1, -0.05) is 6.07 Å². The third kappa shape index (κ3) is 2.01. The molecule has 1 atom stereocenters. The third-order valence-electron chi connectivity index (χ3n) is 2.34. The number of aromatic hydroxyl groups is 1. The van der Waals surface area contributed by atoms with E-state index in [1.807, 2.05) is 0 Å². The summed E-state index contributed by atoms with van der Waals surface area (Å²) < 4.78 is 39.4. The van der Waals surface area contributed by atoms with Gasteiger partial charge in [-0.3, -0.25) is 0 Å². The number of phenols is 1. The Bertz CT molecular complexity index is 542. The first-order valence-corrected chi connectivity index (χ1v) is 5.55. The normalized spacial score (nSPS) is 12.7. The van der Waals surface area contributed by atoms with E-state index in [2.05, 4.69) is 0 Å². The van der Waals surface area contributed by atoms with Crippen LogP contribution in [0.25, 0.3) is 0 Å². The van der Waals surface area contributed by atoms with E-state index in [-0.39, 0.29) is 0 Å². The van der Waals surface area contributed by atoms with Crippen molar-refractivity contribution in [2.24, 2.45) is 5.73 Å². The zero-order chi connectivity index (χ0) is 12.6. The number of phenolic OH excluding ortho intramolecular Hbond substituents is 1. The van der Waals surface area contributed by atoms with E-state index in [0.717, 1.165) is 0 Å². The van der Waals surface area contributed by atoms with Crippen molar-refractivity contribution in [1.82, 2.24) is 0 Å². The minimum Gasteiger partial charge on any atom is -0.507 e. The molecule has 17 heavy (non-hydrogen) atoms. The number of benzene rings is 1. The van der Waals surface area contributed by atoms with Gasteiger partial charge in [0, 0.05) is 10.9 Å². The van der Waals surface area contributed by atoms with Crippen LogP contribution in [-0.2, 0) is 0 Å². The van der Waals surface area contributed by atoms with E-state index in [1.165, 1.54) is 11.3 Å². The summed E-state index contributed by atoms with van der Waals surface area (Å²) in [6.07, 6.45) is 0. The van der Waals surface area contributed by atoms with Crippen molar-refractivity contribution in [2.75, 3.05) is 0 Å². The van der Waals surface area contributed by atoms with E-state index < -0.39 is 34.8 Å². The molecule has 0 unspecified atom stereocenters. The van der Waals surface area contributed by atoms with Crippen LogP contribution >= 0.6 is 11.3 Å². The third-order valence-corrected chi connectivity index (χ3v) is 3.29. The van der Waals surface area contributed by atoms with Crippen LogP contribution < -0.4 is 5.73 Å².